The van der Waals surface area contributed by atoms with Gasteiger partial charge in [-0.25, -0.2) is 31.6 Å². The molecule has 2 fully saturated rings. The number of rotatable bonds is 17. The highest BCUT2D eigenvalue weighted by atomic mass is 35.5. The van der Waals surface area contributed by atoms with Gasteiger partial charge in [0.15, 0.2) is 19.7 Å². The molecule has 0 radical (unpaired) electrons. The number of oxazole rings is 2. The zero-order valence-corrected chi connectivity index (χ0v) is 49.7. The number of carboxylic acids is 2. The van der Waals surface area contributed by atoms with Crippen LogP contribution in [0.1, 0.15) is 111 Å². The lowest BCUT2D eigenvalue weighted by Gasteiger charge is -2.26. The zero-order chi connectivity index (χ0) is 59.4. The van der Waals surface area contributed by atoms with E-state index in [0.29, 0.717) is 58.6 Å². The number of aromatic carboxylic acids is 1. The van der Waals surface area contributed by atoms with Crippen LogP contribution in [0, 0.1) is 13.8 Å². The maximum atomic E-state index is 13.1. The highest BCUT2D eigenvalue weighted by Crippen LogP contribution is 2.28. The summed E-state index contributed by atoms with van der Waals surface area (Å²) in [6.07, 6.45) is 14.3. The standard InChI is InChI=1S/C30H32N4O4S.C24H26N2O5S.C6H8N2.C2H4O2.ClH/c1-22-28(21-39(36,37)27-13-7-23(8-14-27)20-34-16-3-2-4-17-34)33-30(38-22)26-11-9-25(10-12-26)29(35)32-19-24-6-5-15-31-18-24;1-17-22(25-23(31-17)19-7-9-20(10-8-19)24(27)28)16-32(29,30)21-11-5-18(6-12-21)15-26-13-3-2-4-14-26;7-4-6-2-1-3-8-5-6;1-2(3)4;/h5-15,18H,2-4,16-17,19-21H2,1H3,(H,32,35);5-12H,2-4,13-16H2,1H3,(H,27,28);1-3,5H,4,7H2;1H3,(H,3,4);1H. The van der Waals surface area contributed by atoms with Gasteiger partial charge in [0.05, 0.1) is 26.7 Å². The number of amides is 1. The average Bonchev–Trinajstić information content (AvgIpc) is 3.96. The number of halogens is 1. The topological polar surface area (TPSA) is 282 Å². The van der Waals surface area contributed by atoms with E-state index in [-0.39, 0.29) is 51.1 Å². The molecule has 0 unspecified atom stereocenters. The van der Waals surface area contributed by atoms with Crippen LogP contribution in [-0.4, -0.2) is 101 Å². The third-order valence-corrected chi connectivity index (χ3v) is 16.9. The fraction of sp³-hybridized carbons (Fsp3) is 0.306. The molecule has 84 heavy (non-hydrogen) atoms. The number of piperidine rings is 2. The maximum Gasteiger partial charge on any atom is 0.335 e. The van der Waals surface area contributed by atoms with Crippen molar-refractivity contribution in [3.63, 3.8) is 0 Å². The van der Waals surface area contributed by atoms with Crippen molar-refractivity contribution in [2.45, 2.75) is 107 Å². The Bertz CT molecular complexity index is 3590. The van der Waals surface area contributed by atoms with E-state index in [0.717, 1.165) is 68.4 Å². The van der Waals surface area contributed by atoms with Crippen molar-refractivity contribution in [3.8, 4) is 22.9 Å². The number of carbonyl (C=O) groups is 3. The van der Waals surface area contributed by atoms with Gasteiger partial charge < -0.3 is 30.1 Å². The van der Waals surface area contributed by atoms with Crippen molar-refractivity contribution >= 4 is 49.9 Å². The Morgan fingerprint density at radius 1 is 0.560 bits per heavy atom. The Morgan fingerprint density at radius 2 is 0.952 bits per heavy atom. The Kier molecular flexibility index (Phi) is 24.6. The molecule has 22 heteroatoms. The molecule has 2 aliphatic rings. The zero-order valence-electron chi connectivity index (χ0n) is 47.2. The predicted octanol–water partition coefficient (Wildman–Crippen LogP) is 10.3. The van der Waals surface area contributed by atoms with Gasteiger partial charge in [-0.2, -0.15) is 0 Å². The van der Waals surface area contributed by atoms with Crippen LogP contribution in [0.25, 0.3) is 22.9 Å². The van der Waals surface area contributed by atoms with Gasteiger partial charge >= 0.3 is 5.97 Å². The molecule has 4 aromatic carbocycles. The Morgan fingerprint density at radius 3 is 1.31 bits per heavy atom. The molecule has 0 atom stereocenters. The fourth-order valence-corrected chi connectivity index (χ4v) is 11.8. The van der Waals surface area contributed by atoms with Crippen LogP contribution in [-0.2, 0) is 62.2 Å². The van der Waals surface area contributed by atoms with Crippen LogP contribution in [0.5, 0.6) is 0 Å². The molecule has 6 heterocycles. The van der Waals surface area contributed by atoms with Gasteiger partial charge in [0.2, 0.25) is 11.8 Å². The fourth-order valence-electron chi connectivity index (χ4n) is 9.08. The molecule has 444 valence electrons. The summed E-state index contributed by atoms with van der Waals surface area (Å²) in [4.78, 5) is 54.6. The molecule has 5 N–H and O–H groups in total. The highest BCUT2D eigenvalue weighted by Gasteiger charge is 2.24. The van der Waals surface area contributed by atoms with Crippen molar-refractivity contribution in [3.05, 3.63) is 202 Å². The Labute approximate surface area is 496 Å². The highest BCUT2D eigenvalue weighted by molar-refractivity contribution is 7.91. The molecule has 0 saturated carbocycles. The predicted molar refractivity (Wildman–Crippen MR) is 321 cm³/mol. The first-order chi connectivity index (χ1) is 39.8. The first-order valence-corrected chi connectivity index (χ1v) is 30.6. The number of pyridine rings is 2. The molecule has 0 spiro atoms. The second-order valence-electron chi connectivity index (χ2n) is 20.1. The van der Waals surface area contributed by atoms with Crippen molar-refractivity contribution in [2.24, 2.45) is 5.73 Å². The third kappa shape index (κ3) is 19.9. The molecule has 4 aromatic heterocycles. The van der Waals surface area contributed by atoms with E-state index >= 15 is 0 Å². The second-order valence-corrected chi connectivity index (χ2v) is 24.1. The van der Waals surface area contributed by atoms with Gasteiger partial charge in [0, 0.05) is 74.6 Å². The minimum Gasteiger partial charge on any atom is -0.481 e. The van der Waals surface area contributed by atoms with Crippen LogP contribution in [0.2, 0.25) is 0 Å². The molecule has 2 aliphatic heterocycles. The normalized spacial score (nSPS) is 13.5. The number of hydrogen-bond acceptors (Lipinski definition) is 16. The second kappa shape index (κ2) is 31.7. The first kappa shape index (κ1) is 65.2. The van der Waals surface area contributed by atoms with Crippen molar-refractivity contribution < 1.29 is 50.3 Å². The number of aliphatic carboxylic acids is 1. The number of carbonyl (C=O) groups excluding carboxylic acids is 1. The van der Waals surface area contributed by atoms with Crippen molar-refractivity contribution in [1.82, 2.24) is 35.1 Å². The van der Waals surface area contributed by atoms with E-state index in [1.54, 1.807) is 99.3 Å². The van der Waals surface area contributed by atoms with Crippen molar-refractivity contribution in [1.29, 1.82) is 0 Å². The first-order valence-electron chi connectivity index (χ1n) is 27.3. The minimum atomic E-state index is -3.60. The molecule has 10 rings (SSSR count). The summed E-state index contributed by atoms with van der Waals surface area (Å²) in [5.74, 6) is -1.11. The Balaban J connectivity index is 0.000000225. The molecule has 8 aromatic rings. The molecule has 0 bridgehead atoms. The van der Waals surface area contributed by atoms with Gasteiger partial charge in [0.25, 0.3) is 11.9 Å². The summed E-state index contributed by atoms with van der Waals surface area (Å²) in [5, 5.41) is 19.3. The number of aromatic nitrogens is 4. The number of nitrogens with two attached hydrogens (primary N) is 1. The largest absolute Gasteiger partial charge is 0.481 e. The monoisotopic (exact) mass is 1200 g/mol. The van der Waals surface area contributed by atoms with E-state index in [2.05, 4.69) is 35.1 Å². The van der Waals surface area contributed by atoms with Crippen LogP contribution in [0.3, 0.4) is 0 Å². The Hall–Kier alpha value is -7.92. The van der Waals surface area contributed by atoms with Gasteiger partial charge in [-0.05, 0) is 173 Å². The summed E-state index contributed by atoms with van der Waals surface area (Å²) >= 11 is 0. The maximum absolute atomic E-state index is 13.1. The van der Waals surface area contributed by atoms with Gasteiger partial charge in [-0.1, -0.05) is 49.2 Å². The summed E-state index contributed by atoms with van der Waals surface area (Å²) in [6.45, 7) is 11.5. The smallest absolute Gasteiger partial charge is 0.335 e. The number of aryl methyl sites for hydroxylation is 2. The van der Waals surface area contributed by atoms with Gasteiger partial charge in [0.1, 0.15) is 23.0 Å². The molecular weight excluding hydrogens is 1130 g/mol. The number of carboxylic acid groups (broad SMARTS) is 2. The van der Waals surface area contributed by atoms with E-state index in [1.165, 1.54) is 50.7 Å². The van der Waals surface area contributed by atoms with Crippen LogP contribution >= 0.6 is 12.4 Å². The molecule has 0 aliphatic carbocycles. The molecular formula is C62H71ClN8O11S2. The van der Waals surface area contributed by atoms with Crippen LogP contribution in [0.4, 0.5) is 0 Å². The molecule has 19 nitrogen and oxygen atoms in total. The van der Waals surface area contributed by atoms with E-state index in [1.807, 2.05) is 48.5 Å². The minimum absolute atomic E-state index is 0. The summed E-state index contributed by atoms with van der Waals surface area (Å²) in [5.41, 5.74) is 12.1. The summed E-state index contributed by atoms with van der Waals surface area (Å²) < 4.78 is 63.7. The number of sulfone groups is 2. The lowest BCUT2D eigenvalue weighted by atomic mass is 10.1. The van der Waals surface area contributed by atoms with Crippen LogP contribution < -0.4 is 11.1 Å². The summed E-state index contributed by atoms with van der Waals surface area (Å²) in [6, 6.07) is 34.8. The van der Waals surface area contributed by atoms with Gasteiger partial charge in [-0.3, -0.25) is 29.4 Å². The van der Waals surface area contributed by atoms with Gasteiger partial charge in [-0.15, -0.1) is 12.4 Å². The number of likely N-dealkylation sites (tertiary alicyclic amines) is 2. The quantitative estimate of drug-likeness (QED) is 0.0659. The number of benzene rings is 4. The number of hydrogen-bond donors (Lipinski definition) is 4. The molecule has 1 amide bonds. The van der Waals surface area contributed by atoms with E-state index in [9.17, 15) is 26.4 Å². The summed E-state index contributed by atoms with van der Waals surface area (Å²) in [7, 11) is -7.18. The third-order valence-electron chi connectivity index (χ3n) is 13.6. The lowest BCUT2D eigenvalue weighted by molar-refractivity contribution is -0.134. The van der Waals surface area contributed by atoms with E-state index in [4.69, 9.17) is 29.6 Å². The van der Waals surface area contributed by atoms with E-state index < -0.39 is 31.6 Å². The van der Waals surface area contributed by atoms with Crippen molar-refractivity contribution in [2.75, 3.05) is 26.2 Å². The average molecular weight is 1200 g/mol. The number of nitrogens with one attached hydrogen (secondary N) is 1. The lowest BCUT2D eigenvalue weighted by Crippen LogP contribution is -2.29. The SMILES string of the molecule is CC(=O)O.Cc1oc(-c2ccc(C(=O)NCc3cccnc3)cc2)nc1CS(=O)(=O)c1ccc(CN2CCCCC2)cc1.Cc1oc(-c2ccc(C(=O)O)cc2)nc1CS(=O)(=O)c1ccc(CN2CCCCC2)cc1.Cl.NCc1cccnc1. The van der Waals surface area contributed by atoms with Crippen LogP contribution in [0.15, 0.2) is 165 Å². The molecule has 2 saturated heterocycles. The number of nitrogens with zero attached hydrogens (tertiary/aromatic N) is 6.